The molecule has 10 nitrogen and oxygen atoms in total. The molecule has 0 atom stereocenters. The largest absolute Gasteiger partial charge is 0.493 e. The summed E-state index contributed by atoms with van der Waals surface area (Å²) in [7, 11) is -1.51. The second-order valence-electron chi connectivity index (χ2n) is 11.0. The molecule has 5 rings (SSSR count). The number of piperazine rings is 1. The summed E-state index contributed by atoms with van der Waals surface area (Å²) in [5.41, 5.74) is 3.85. The number of aryl methyl sites for hydroxylation is 1. The fourth-order valence-corrected chi connectivity index (χ4v) is 6.13. The van der Waals surface area contributed by atoms with E-state index < -0.39 is 10.0 Å². The summed E-state index contributed by atoms with van der Waals surface area (Å²) in [5, 5.41) is 0. The van der Waals surface area contributed by atoms with Crippen molar-refractivity contribution in [2.45, 2.75) is 25.9 Å². The van der Waals surface area contributed by atoms with E-state index >= 15 is 0 Å². The molecule has 43 heavy (non-hydrogen) atoms. The van der Waals surface area contributed by atoms with Gasteiger partial charge in [-0.1, -0.05) is 37.3 Å². The molecule has 2 aliphatic rings. The number of ether oxygens (including phenoxy) is 3. The number of amides is 1. The maximum Gasteiger partial charge on any atom is 0.272 e. The highest BCUT2D eigenvalue weighted by molar-refractivity contribution is 7.88. The van der Waals surface area contributed by atoms with Gasteiger partial charge in [-0.2, -0.15) is 4.31 Å². The van der Waals surface area contributed by atoms with Crippen LogP contribution in [0.1, 0.15) is 40.0 Å². The first kappa shape index (κ1) is 30.8. The second-order valence-corrected chi connectivity index (χ2v) is 13.0. The molecule has 11 heteroatoms. The highest BCUT2D eigenvalue weighted by Crippen LogP contribution is 2.35. The Hall–Kier alpha value is -3.67. The van der Waals surface area contributed by atoms with Crippen molar-refractivity contribution in [2.24, 2.45) is 0 Å². The number of pyridine rings is 1. The molecule has 3 aromatic rings. The minimum atomic E-state index is -3.15. The van der Waals surface area contributed by atoms with Gasteiger partial charge in [0.1, 0.15) is 24.7 Å². The molecule has 0 saturated carbocycles. The number of methoxy groups -OCH3 is 1. The zero-order valence-corrected chi connectivity index (χ0v) is 25.9. The van der Waals surface area contributed by atoms with Gasteiger partial charge in [-0.25, -0.2) is 8.42 Å². The van der Waals surface area contributed by atoms with Crippen molar-refractivity contribution in [1.29, 1.82) is 0 Å². The molecule has 0 N–H and O–H groups in total. The number of carbonyl (C=O) groups is 1. The van der Waals surface area contributed by atoms with Crippen molar-refractivity contribution >= 4 is 15.9 Å². The van der Waals surface area contributed by atoms with E-state index in [0.29, 0.717) is 82.0 Å². The number of aromatic nitrogens is 1. The first-order valence-electron chi connectivity index (χ1n) is 14.7. The van der Waals surface area contributed by atoms with E-state index in [-0.39, 0.29) is 11.8 Å². The highest BCUT2D eigenvalue weighted by atomic mass is 32.2. The number of hydrogen-bond acceptors (Lipinski definition) is 8. The zero-order valence-electron chi connectivity index (χ0n) is 25.1. The summed E-state index contributed by atoms with van der Waals surface area (Å²) in [5.74, 6) is 2.04. The van der Waals surface area contributed by atoms with Gasteiger partial charge in [-0.15, -0.1) is 0 Å². The number of rotatable bonds is 12. The number of benzene rings is 2. The van der Waals surface area contributed by atoms with Crippen LogP contribution in [0.25, 0.3) is 0 Å². The van der Waals surface area contributed by atoms with E-state index in [1.807, 2.05) is 18.2 Å². The van der Waals surface area contributed by atoms with Crippen LogP contribution < -0.4 is 14.2 Å². The molecule has 0 spiro atoms. The predicted octanol–water partition coefficient (Wildman–Crippen LogP) is 3.43. The fourth-order valence-electron chi connectivity index (χ4n) is 5.30. The number of carbonyl (C=O) groups excluding carboxylic acids is 1. The molecule has 2 fully saturated rings. The molecule has 1 amide bonds. The highest BCUT2D eigenvalue weighted by Gasteiger charge is 2.33. The lowest BCUT2D eigenvalue weighted by Crippen LogP contribution is -2.49. The minimum Gasteiger partial charge on any atom is -0.493 e. The van der Waals surface area contributed by atoms with E-state index in [1.54, 1.807) is 30.3 Å². The molecule has 2 saturated heterocycles. The summed E-state index contributed by atoms with van der Waals surface area (Å²) in [4.78, 5) is 21.4. The van der Waals surface area contributed by atoms with Crippen LogP contribution in [0.15, 0.2) is 60.8 Å². The average molecular weight is 609 g/mol. The topological polar surface area (TPSA) is 102 Å². The van der Waals surface area contributed by atoms with Crippen molar-refractivity contribution in [3.63, 3.8) is 0 Å². The van der Waals surface area contributed by atoms with Crippen LogP contribution in [0.3, 0.4) is 0 Å². The smallest absolute Gasteiger partial charge is 0.272 e. The average Bonchev–Trinajstić information content (AvgIpc) is 2.99. The Morgan fingerprint density at radius 2 is 1.65 bits per heavy atom. The van der Waals surface area contributed by atoms with Crippen molar-refractivity contribution < 1.29 is 27.4 Å². The van der Waals surface area contributed by atoms with E-state index in [4.69, 9.17) is 14.2 Å². The monoisotopic (exact) mass is 608 g/mol. The number of sulfonamides is 1. The van der Waals surface area contributed by atoms with Crippen LogP contribution in [-0.4, -0.2) is 99.2 Å². The molecule has 3 heterocycles. The van der Waals surface area contributed by atoms with E-state index in [0.717, 1.165) is 17.5 Å². The summed E-state index contributed by atoms with van der Waals surface area (Å²) < 4.78 is 42.5. The molecule has 2 aliphatic heterocycles. The minimum absolute atomic E-state index is 0.125. The van der Waals surface area contributed by atoms with E-state index in [1.165, 1.54) is 16.1 Å². The van der Waals surface area contributed by atoms with Gasteiger partial charge in [0, 0.05) is 64.0 Å². The zero-order chi connectivity index (χ0) is 30.4. The lowest BCUT2D eigenvalue weighted by atomic mass is 9.91. The van der Waals surface area contributed by atoms with Crippen molar-refractivity contribution in [2.75, 3.05) is 65.8 Å². The SMILES string of the molecule is CCc1ccc(COc2ccc(C3CN(C(=O)c4cc(OCCN5CCN(S(C)(=O)=O)CC5)ccn4)C3)cc2OC)cc1. The summed E-state index contributed by atoms with van der Waals surface area (Å²) in [6, 6.07) is 17.8. The van der Waals surface area contributed by atoms with E-state index in [9.17, 15) is 13.2 Å². The molecule has 0 bridgehead atoms. The Morgan fingerprint density at radius 1 is 0.930 bits per heavy atom. The number of nitrogens with zero attached hydrogens (tertiary/aromatic N) is 4. The fraction of sp³-hybridized carbons (Fsp3) is 0.438. The van der Waals surface area contributed by atoms with Crippen LogP contribution >= 0.6 is 0 Å². The van der Waals surface area contributed by atoms with Gasteiger partial charge in [-0.05, 0) is 41.3 Å². The molecule has 0 unspecified atom stereocenters. The van der Waals surface area contributed by atoms with Gasteiger partial charge in [0.2, 0.25) is 10.0 Å². The summed E-state index contributed by atoms with van der Waals surface area (Å²) in [6.45, 7) is 7.22. The normalized spacial score (nSPS) is 16.5. The van der Waals surface area contributed by atoms with Crippen LogP contribution in [0.4, 0.5) is 0 Å². The van der Waals surface area contributed by atoms with E-state index in [2.05, 4.69) is 41.1 Å². The van der Waals surface area contributed by atoms with Gasteiger partial charge in [-0.3, -0.25) is 14.7 Å². The van der Waals surface area contributed by atoms with Crippen LogP contribution in [-0.2, 0) is 23.1 Å². The Morgan fingerprint density at radius 3 is 2.33 bits per heavy atom. The first-order valence-corrected chi connectivity index (χ1v) is 16.5. The molecule has 230 valence electrons. The summed E-state index contributed by atoms with van der Waals surface area (Å²) in [6.07, 6.45) is 3.84. The molecule has 0 radical (unpaired) electrons. The Labute approximate surface area is 254 Å². The lowest BCUT2D eigenvalue weighted by Gasteiger charge is -2.39. The van der Waals surface area contributed by atoms with Crippen molar-refractivity contribution in [3.05, 3.63) is 83.2 Å². The molecule has 1 aromatic heterocycles. The maximum absolute atomic E-state index is 13.1. The van der Waals surface area contributed by atoms with Crippen LogP contribution in [0, 0.1) is 0 Å². The molecular formula is C32H40N4O6S. The molecular weight excluding hydrogens is 568 g/mol. The van der Waals surface area contributed by atoms with Crippen LogP contribution in [0.5, 0.6) is 17.2 Å². The van der Waals surface area contributed by atoms with Crippen molar-refractivity contribution in [1.82, 2.24) is 19.1 Å². The number of likely N-dealkylation sites (tertiary alicyclic amines) is 1. The second kappa shape index (κ2) is 13.7. The van der Waals surface area contributed by atoms with Gasteiger partial charge in [0.25, 0.3) is 5.91 Å². The van der Waals surface area contributed by atoms with Gasteiger partial charge in [0.15, 0.2) is 11.5 Å². The Bertz CT molecular complexity index is 1500. The van der Waals surface area contributed by atoms with Crippen LogP contribution in [0.2, 0.25) is 0 Å². The quantitative estimate of drug-likeness (QED) is 0.308. The van der Waals surface area contributed by atoms with Gasteiger partial charge in [0.05, 0.1) is 13.4 Å². The standard InChI is InChI=1S/C32H40N4O6S/c1-4-24-5-7-25(8-6-24)23-42-30-10-9-26(19-31(30)40-2)27-21-35(22-27)32(37)29-20-28(11-12-33-29)41-18-17-34-13-15-36(16-14-34)43(3,38)39/h5-12,19-20,27H,4,13-18,21-23H2,1-3H3. The molecule has 2 aromatic carbocycles. The Kier molecular flexibility index (Phi) is 9.84. The maximum atomic E-state index is 13.1. The molecule has 0 aliphatic carbocycles. The third kappa shape index (κ3) is 7.84. The third-order valence-electron chi connectivity index (χ3n) is 8.08. The summed E-state index contributed by atoms with van der Waals surface area (Å²) >= 11 is 0. The third-order valence-corrected chi connectivity index (χ3v) is 9.38. The first-order chi connectivity index (χ1) is 20.7. The lowest BCUT2D eigenvalue weighted by molar-refractivity contribution is 0.0595. The van der Waals surface area contributed by atoms with Gasteiger partial charge >= 0.3 is 0 Å². The number of hydrogen-bond donors (Lipinski definition) is 0. The van der Waals surface area contributed by atoms with Crippen molar-refractivity contribution in [3.8, 4) is 17.2 Å². The van der Waals surface area contributed by atoms with Gasteiger partial charge < -0.3 is 19.1 Å². The Balaban J connectivity index is 1.09. The predicted molar refractivity (Wildman–Crippen MR) is 164 cm³/mol.